The Morgan fingerprint density at radius 2 is 1.02 bits per heavy atom. The number of aliphatic hydroxyl groups excluding tert-OH is 1. The number of aromatic carboxylic acids is 1. The molecular formula is C22H26Na4O16. The van der Waals surface area contributed by atoms with Gasteiger partial charge in [0, 0.05) is 37.6 Å². The Morgan fingerprint density at radius 1 is 0.714 bits per heavy atom. The molecule has 1 rings (SSSR count). The van der Waals surface area contributed by atoms with Crippen LogP contribution in [0.1, 0.15) is 55.8 Å². The maximum absolute atomic E-state index is 10.2. The van der Waals surface area contributed by atoms with Gasteiger partial charge in [-0.25, -0.2) is 4.79 Å². The van der Waals surface area contributed by atoms with Crippen molar-refractivity contribution in [3.63, 3.8) is 0 Å². The zero-order valence-electron chi connectivity index (χ0n) is 23.9. The van der Waals surface area contributed by atoms with E-state index in [2.05, 4.69) is 0 Å². The van der Waals surface area contributed by atoms with Crippen molar-refractivity contribution in [1.29, 1.82) is 0 Å². The van der Waals surface area contributed by atoms with Gasteiger partial charge in [0.15, 0.2) is 0 Å². The van der Waals surface area contributed by atoms with E-state index in [1.165, 1.54) is 0 Å². The van der Waals surface area contributed by atoms with Gasteiger partial charge >= 0.3 is 136 Å². The molecule has 42 heavy (non-hydrogen) atoms. The van der Waals surface area contributed by atoms with E-state index in [0.717, 1.165) is 6.92 Å². The number of aliphatic hydroxyl groups is 2. The molecule has 0 aromatic heterocycles. The number of carboxylic acid groups (broad SMARTS) is 7. The molecule has 0 fully saturated rings. The van der Waals surface area contributed by atoms with Crippen LogP contribution in [0, 0.1) is 0 Å². The number of rotatable bonds is 12. The van der Waals surface area contributed by atoms with Crippen molar-refractivity contribution in [2.75, 3.05) is 0 Å². The van der Waals surface area contributed by atoms with Gasteiger partial charge in [0.05, 0.1) is 23.6 Å². The van der Waals surface area contributed by atoms with Crippen LogP contribution in [0.3, 0.4) is 0 Å². The van der Waals surface area contributed by atoms with Gasteiger partial charge in [0.25, 0.3) is 0 Å². The van der Waals surface area contributed by atoms with Gasteiger partial charge in [-0.2, -0.15) is 0 Å². The topological polar surface area (TPSA) is 313 Å². The number of hydrogen-bond acceptors (Lipinski definition) is 13. The van der Waals surface area contributed by atoms with Crippen LogP contribution in [0.5, 0.6) is 0 Å². The normalized spacial score (nSPS) is 9.40. The summed E-state index contributed by atoms with van der Waals surface area (Å²) < 4.78 is 0. The third-order valence-corrected chi connectivity index (χ3v) is 3.65. The zero-order valence-corrected chi connectivity index (χ0v) is 31.9. The van der Waals surface area contributed by atoms with E-state index in [9.17, 15) is 54.0 Å². The van der Waals surface area contributed by atoms with Crippen molar-refractivity contribution < 1.29 is 198 Å². The molecule has 0 saturated heterocycles. The minimum absolute atomic E-state index is 0. The summed E-state index contributed by atoms with van der Waals surface area (Å²) in [5, 5.41) is 80.9. The SMILES string of the molecule is CC(O)C(=O)[O-].O=C(O)CCCCC(=O)O.O=C(O)c1ccccc1.O=C([O-])CC(O)(CC(=O)[O-])C(=O)[O-].[Na+].[Na+].[Na+].[Na+]. The first-order valence-corrected chi connectivity index (χ1v) is 10.3. The van der Waals surface area contributed by atoms with E-state index in [4.69, 9.17) is 25.5 Å². The van der Waals surface area contributed by atoms with Gasteiger partial charge in [0.1, 0.15) is 5.60 Å². The summed E-state index contributed by atoms with van der Waals surface area (Å²) in [5.74, 6) is -10.0. The summed E-state index contributed by atoms with van der Waals surface area (Å²) in [5.41, 5.74) is -2.64. The van der Waals surface area contributed by atoms with Crippen molar-refractivity contribution in [3.8, 4) is 0 Å². The Labute approximate surface area is 328 Å². The van der Waals surface area contributed by atoms with Crippen LogP contribution in [0.25, 0.3) is 0 Å². The first-order valence-electron chi connectivity index (χ1n) is 10.3. The third kappa shape index (κ3) is 39.4. The van der Waals surface area contributed by atoms with Gasteiger partial charge in [-0.1, -0.05) is 18.2 Å². The number of hydrogen-bond donors (Lipinski definition) is 5. The van der Waals surface area contributed by atoms with Crippen LogP contribution in [-0.4, -0.2) is 79.0 Å². The summed E-state index contributed by atoms with van der Waals surface area (Å²) in [4.78, 5) is 69.3. The van der Waals surface area contributed by atoms with E-state index in [-0.39, 0.29) is 131 Å². The molecule has 16 nitrogen and oxygen atoms in total. The Balaban J connectivity index is -0.0000000775. The molecule has 0 aliphatic rings. The summed E-state index contributed by atoms with van der Waals surface area (Å²) in [6.07, 6.45) is -3.04. The number of unbranched alkanes of at least 4 members (excludes halogenated alkanes) is 1. The first kappa shape index (κ1) is 57.1. The van der Waals surface area contributed by atoms with Gasteiger partial charge in [-0.15, -0.1) is 0 Å². The van der Waals surface area contributed by atoms with Gasteiger partial charge < -0.3 is 65.1 Å². The molecule has 0 heterocycles. The zero-order chi connectivity index (χ0) is 30.5. The van der Waals surface area contributed by atoms with Crippen LogP contribution in [0.2, 0.25) is 0 Å². The Bertz CT molecular complexity index is 910. The van der Waals surface area contributed by atoms with Crippen LogP contribution in [0.15, 0.2) is 30.3 Å². The smallest absolute Gasteiger partial charge is 0.550 e. The Morgan fingerprint density at radius 3 is 1.19 bits per heavy atom. The summed E-state index contributed by atoms with van der Waals surface area (Å²) in [6, 6.07) is 8.30. The third-order valence-electron chi connectivity index (χ3n) is 3.65. The standard InChI is InChI=1S/C7H6O2.C6H8O7.C6H10O4.C3H6O3.4Na/c8-7(9)6-4-2-1-3-5-6;7-3(8)1-6(13,5(11)12)2-4(9)10;7-5(8)3-1-2-4-6(9)10;1-2(4)3(5)6;;;;/h1-5H,(H,8,9);13H,1-2H2,(H,7,8)(H,9,10)(H,11,12);1-4H2,(H,7,8)(H,9,10);2,4H,1H3,(H,5,6);;;;/q;;;;4*+1/p-4. The predicted octanol–water partition coefficient (Wildman–Crippen LogP) is -17.0. The molecule has 20 heteroatoms. The molecule has 0 amide bonds. The molecule has 1 unspecified atom stereocenters. The van der Waals surface area contributed by atoms with Crippen molar-refractivity contribution in [2.45, 2.75) is 57.2 Å². The van der Waals surface area contributed by atoms with Gasteiger partial charge in [-0.3, -0.25) is 9.59 Å². The average Bonchev–Trinajstić information content (AvgIpc) is 2.77. The fourth-order valence-electron chi connectivity index (χ4n) is 1.82. The minimum Gasteiger partial charge on any atom is -0.550 e. The molecule has 0 spiro atoms. The largest absolute Gasteiger partial charge is 1.00 e. The van der Waals surface area contributed by atoms with Crippen LogP contribution < -0.4 is 139 Å². The molecule has 1 aromatic carbocycles. The number of carbonyl (C=O) groups excluding carboxylic acids is 4. The fraction of sp³-hybridized carbons (Fsp3) is 0.409. The van der Waals surface area contributed by atoms with Crippen LogP contribution in [0.4, 0.5) is 0 Å². The second-order valence-electron chi connectivity index (χ2n) is 7.08. The van der Waals surface area contributed by atoms with Crippen molar-refractivity contribution >= 4 is 41.8 Å². The summed E-state index contributed by atoms with van der Waals surface area (Å²) in [7, 11) is 0. The second-order valence-corrected chi connectivity index (χ2v) is 7.08. The molecule has 0 saturated carbocycles. The quantitative estimate of drug-likeness (QED) is 0.105. The van der Waals surface area contributed by atoms with E-state index in [1.807, 2.05) is 0 Å². The molecule has 0 radical (unpaired) electrons. The molecule has 1 atom stereocenters. The Kier molecular flexibility index (Phi) is 45.3. The fourth-order valence-corrected chi connectivity index (χ4v) is 1.82. The van der Waals surface area contributed by atoms with Crippen LogP contribution in [-0.2, 0) is 28.8 Å². The molecule has 0 bridgehead atoms. The minimum atomic E-state index is -2.97. The molecule has 0 aliphatic heterocycles. The molecule has 0 aliphatic carbocycles. The van der Waals surface area contributed by atoms with Crippen molar-refractivity contribution in [3.05, 3.63) is 35.9 Å². The van der Waals surface area contributed by atoms with Crippen molar-refractivity contribution in [1.82, 2.24) is 0 Å². The van der Waals surface area contributed by atoms with Gasteiger partial charge in [-0.05, 0) is 31.9 Å². The monoisotopic (exact) mass is 638 g/mol. The van der Waals surface area contributed by atoms with Crippen LogP contribution >= 0.6 is 0 Å². The molecular weight excluding hydrogens is 612 g/mol. The maximum atomic E-state index is 10.2. The number of carbonyl (C=O) groups is 7. The van der Waals surface area contributed by atoms with E-state index >= 15 is 0 Å². The summed E-state index contributed by atoms with van der Waals surface area (Å²) in [6.45, 7) is 1.13. The molecule has 5 N–H and O–H groups in total. The van der Waals surface area contributed by atoms with E-state index in [0.29, 0.717) is 18.4 Å². The number of carboxylic acids is 7. The number of aliphatic carboxylic acids is 6. The number of benzene rings is 1. The van der Waals surface area contributed by atoms with E-state index < -0.39 is 66.3 Å². The van der Waals surface area contributed by atoms with E-state index in [1.54, 1.807) is 30.3 Å². The molecule has 1 aromatic rings. The predicted molar refractivity (Wildman–Crippen MR) is 113 cm³/mol. The second kappa shape index (κ2) is 33.3. The average molecular weight is 638 g/mol. The Hall–Kier alpha value is -0.570. The maximum Gasteiger partial charge on any atom is 1.00 e. The first-order chi connectivity index (χ1) is 17.3. The summed E-state index contributed by atoms with van der Waals surface area (Å²) >= 11 is 0. The van der Waals surface area contributed by atoms with Gasteiger partial charge in [0.2, 0.25) is 0 Å². The van der Waals surface area contributed by atoms with Crippen molar-refractivity contribution in [2.24, 2.45) is 0 Å². The molecule has 214 valence electrons.